The van der Waals surface area contributed by atoms with Crippen LogP contribution >= 0.6 is 15.9 Å². The lowest BCUT2D eigenvalue weighted by atomic mass is 9.90. The average molecular weight is 358 g/mol. The van der Waals surface area contributed by atoms with Crippen LogP contribution in [0.25, 0.3) is 0 Å². The molecule has 0 spiro atoms. The molecule has 21 heavy (non-hydrogen) atoms. The summed E-state index contributed by atoms with van der Waals surface area (Å²) < 4.78 is 3.16. The zero-order valence-electron chi connectivity index (χ0n) is 13.2. The fraction of sp³-hybridized carbons (Fsp3) is 0.800. The Hall–Kier alpha value is -0.430. The third-order valence-corrected chi connectivity index (χ3v) is 5.05. The van der Waals surface area contributed by atoms with Gasteiger partial charge in [0.05, 0.1) is 29.0 Å². The summed E-state index contributed by atoms with van der Waals surface area (Å²) in [5.74, 6) is 6.52. The minimum absolute atomic E-state index is 0.183. The predicted octanol–water partition coefficient (Wildman–Crippen LogP) is 2.68. The molecule has 0 radical (unpaired) electrons. The third kappa shape index (κ3) is 4.52. The van der Waals surface area contributed by atoms with Crippen LogP contribution in [0.3, 0.4) is 0 Å². The number of likely N-dealkylation sites (N-methyl/N-ethyl adjacent to an activating group) is 1. The molecule has 120 valence electrons. The fourth-order valence-electron chi connectivity index (χ4n) is 3.24. The molecule has 1 aromatic rings. The van der Waals surface area contributed by atoms with Crippen LogP contribution < -0.4 is 11.3 Å². The highest BCUT2D eigenvalue weighted by molar-refractivity contribution is 9.10. The van der Waals surface area contributed by atoms with Crippen molar-refractivity contribution in [1.29, 1.82) is 0 Å². The molecule has 0 aromatic carbocycles. The molecule has 2 rings (SSSR count). The first-order chi connectivity index (χ1) is 10.1. The van der Waals surface area contributed by atoms with Crippen LogP contribution in [-0.2, 0) is 6.54 Å². The zero-order chi connectivity index (χ0) is 15.2. The van der Waals surface area contributed by atoms with Crippen LogP contribution in [0.5, 0.6) is 0 Å². The molecule has 1 saturated carbocycles. The Morgan fingerprint density at radius 3 is 2.62 bits per heavy atom. The van der Waals surface area contributed by atoms with Gasteiger partial charge in [-0.3, -0.25) is 16.0 Å². The standard InChI is InChI=1S/C15H28BrN5/c1-20(2)9-10-21-15(13(16)11-18-21)14(19-17)12-7-5-3-4-6-8-12/h11-12,14,19H,3-10,17H2,1-2H3. The minimum Gasteiger partial charge on any atom is -0.308 e. The average Bonchev–Trinajstić information content (AvgIpc) is 2.68. The second-order valence-electron chi connectivity index (χ2n) is 6.30. The van der Waals surface area contributed by atoms with Gasteiger partial charge >= 0.3 is 0 Å². The van der Waals surface area contributed by atoms with Gasteiger partial charge in [0.15, 0.2) is 0 Å². The number of hydrazine groups is 1. The molecule has 0 saturated heterocycles. The van der Waals surface area contributed by atoms with E-state index < -0.39 is 0 Å². The molecule has 1 aliphatic carbocycles. The van der Waals surface area contributed by atoms with E-state index in [4.69, 9.17) is 5.84 Å². The molecule has 1 fully saturated rings. The first-order valence-corrected chi connectivity index (χ1v) is 8.75. The van der Waals surface area contributed by atoms with Gasteiger partial charge in [-0.25, -0.2) is 0 Å². The normalized spacial score (nSPS) is 18.9. The summed E-state index contributed by atoms with van der Waals surface area (Å²) >= 11 is 3.66. The van der Waals surface area contributed by atoms with Gasteiger partial charge in [-0.2, -0.15) is 5.10 Å². The third-order valence-electron chi connectivity index (χ3n) is 4.44. The summed E-state index contributed by atoms with van der Waals surface area (Å²) in [6, 6.07) is 0.183. The lowest BCUT2D eigenvalue weighted by Crippen LogP contribution is -2.36. The summed E-state index contributed by atoms with van der Waals surface area (Å²) in [5, 5.41) is 4.52. The number of rotatable bonds is 6. The molecule has 1 heterocycles. The number of nitrogens with zero attached hydrogens (tertiary/aromatic N) is 3. The number of nitrogens with one attached hydrogen (secondary N) is 1. The Morgan fingerprint density at radius 1 is 1.38 bits per heavy atom. The number of hydrogen-bond acceptors (Lipinski definition) is 4. The molecule has 1 aliphatic rings. The van der Waals surface area contributed by atoms with Crippen LogP contribution in [-0.4, -0.2) is 35.3 Å². The number of halogens is 1. The molecule has 0 amide bonds. The van der Waals surface area contributed by atoms with Crippen molar-refractivity contribution in [2.24, 2.45) is 11.8 Å². The van der Waals surface area contributed by atoms with Gasteiger partial charge < -0.3 is 4.90 Å². The Labute approximate surface area is 136 Å². The van der Waals surface area contributed by atoms with E-state index >= 15 is 0 Å². The van der Waals surface area contributed by atoms with E-state index in [2.05, 4.69) is 50.1 Å². The fourth-order valence-corrected chi connectivity index (χ4v) is 3.78. The topological polar surface area (TPSA) is 59.1 Å². The monoisotopic (exact) mass is 357 g/mol. The van der Waals surface area contributed by atoms with E-state index in [9.17, 15) is 0 Å². The quantitative estimate of drug-likeness (QED) is 0.466. The highest BCUT2D eigenvalue weighted by Crippen LogP contribution is 2.35. The molecule has 1 atom stereocenters. The first kappa shape index (κ1) is 16.9. The van der Waals surface area contributed by atoms with E-state index in [0.29, 0.717) is 5.92 Å². The van der Waals surface area contributed by atoms with E-state index in [-0.39, 0.29) is 6.04 Å². The van der Waals surface area contributed by atoms with Gasteiger partial charge in [0.25, 0.3) is 0 Å². The van der Waals surface area contributed by atoms with Crippen molar-refractivity contribution < 1.29 is 0 Å². The van der Waals surface area contributed by atoms with Gasteiger partial charge in [0, 0.05) is 6.54 Å². The van der Waals surface area contributed by atoms with Crippen molar-refractivity contribution in [2.75, 3.05) is 20.6 Å². The van der Waals surface area contributed by atoms with E-state index in [1.54, 1.807) is 0 Å². The SMILES string of the molecule is CN(C)CCn1ncc(Br)c1C(NN)C1CCCCCC1. The van der Waals surface area contributed by atoms with Crippen LogP contribution in [0.2, 0.25) is 0 Å². The van der Waals surface area contributed by atoms with Gasteiger partial charge in [-0.05, 0) is 48.8 Å². The molecule has 0 aliphatic heterocycles. The smallest absolute Gasteiger partial charge is 0.0712 e. The van der Waals surface area contributed by atoms with Crippen molar-refractivity contribution in [3.8, 4) is 0 Å². The maximum absolute atomic E-state index is 5.92. The van der Waals surface area contributed by atoms with Gasteiger partial charge in [0.1, 0.15) is 0 Å². The summed E-state index contributed by atoms with van der Waals surface area (Å²) in [6.07, 6.45) is 9.73. The second-order valence-corrected chi connectivity index (χ2v) is 7.15. The van der Waals surface area contributed by atoms with Gasteiger partial charge in [-0.1, -0.05) is 25.7 Å². The van der Waals surface area contributed by atoms with E-state index in [0.717, 1.165) is 17.6 Å². The van der Waals surface area contributed by atoms with Gasteiger partial charge in [-0.15, -0.1) is 0 Å². The van der Waals surface area contributed by atoms with Crippen molar-refractivity contribution in [2.45, 2.75) is 51.1 Å². The van der Waals surface area contributed by atoms with Crippen LogP contribution in [0, 0.1) is 5.92 Å². The van der Waals surface area contributed by atoms with Crippen molar-refractivity contribution >= 4 is 15.9 Å². The van der Waals surface area contributed by atoms with Crippen LogP contribution in [0.15, 0.2) is 10.7 Å². The molecular weight excluding hydrogens is 330 g/mol. The van der Waals surface area contributed by atoms with Crippen LogP contribution in [0.4, 0.5) is 0 Å². The summed E-state index contributed by atoms with van der Waals surface area (Å²) in [4.78, 5) is 2.18. The van der Waals surface area contributed by atoms with Crippen molar-refractivity contribution in [3.63, 3.8) is 0 Å². The Balaban J connectivity index is 2.17. The second kappa shape index (κ2) is 8.27. The Morgan fingerprint density at radius 2 is 2.05 bits per heavy atom. The lowest BCUT2D eigenvalue weighted by molar-refractivity contribution is 0.301. The number of hydrogen-bond donors (Lipinski definition) is 2. The largest absolute Gasteiger partial charge is 0.308 e. The van der Waals surface area contributed by atoms with Crippen molar-refractivity contribution in [3.05, 3.63) is 16.4 Å². The number of nitrogens with two attached hydrogens (primary N) is 1. The first-order valence-electron chi connectivity index (χ1n) is 7.95. The van der Waals surface area contributed by atoms with E-state index in [1.165, 1.54) is 44.2 Å². The maximum Gasteiger partial charge on any atom is 0.0712 e. The lowest BCUT2D eigenvalue weighted by Gasteiger charge is -2.27. The Kier molecular flexibility index (Phi) is 6.67. The molecule has 5 nitrogen and oxygen atoms in total. The van der Waals surface area contributed by atoms with E-state index in [1.807, 2.05) is 6.20 Å². The zero-order valence-corrected chi connectivity index (χ0v) is 14.8. The molecule has 1 aromatic heterocycles. The minimum atomic E-state index is 0.183. The molecule has 1 unspecified atom stereocenters. The Bertz CT molecular complexity index is 424. The van der Waals surface area contributed by atoms with Crippen molar-refractivity contribution in [1.82, 2.24) is 20.1 Å². The molecule has 6 heteroatoms. The molecule has 3 N–H and O–H groups in total. The number of aromatic nitrogens is 2. The molecular formula is C15H28BrN5. The summed E-state index contributed by atoms with van der Waals surface area (Å²) in [7, 11) is 4.17. The maximum atomic E-state index is 5.92. The highest BCUT2D eigenvalue weighted by atomic mass is 79.9. The predicted molar refractivity (Wildman–Crippen MR) is 89.7 cm³/mol. The van der Waals surface area contributed by atoms with Crippen LogP contribution in [0.1, 0.15) is 50.3 Å². The summed E-state index contributed by atoms with van der Waals surface area (Å²) in [5.41, 5.74) is 4.27. The summed E-state index contributed by atoms with van der Waals surface area (Å²) in [6.45, 7) is 1.86. The van der Waals surface area contributed by atoms with Gasteiger partial charge in [0.2, 0.25) is 0 Å². The molecule has 0 bridgehead atoms. The highest BCUT2D eigenvalue weighted by Gasteiger charge is 2.28.